The van der Waals surface area contributed by atoms with Crippen LogP contribution in [0.2, 0.25) is 0 Å². The Kier molecular flexibility index (Phi) is 4.87. The molecule has 0 atom stereocenters. The monoisotopic (exact) mass is 253 g/mol. The van der Waals surface area contributed by atoms with E-state index in [0.29, 0.717) is 23.3 Å². The molecule has 0 unspecified atom stereocenters. The standard InChI is InChI=1S/C10H19NO2S.ClH/c12-14(13,7-9-1-2-9)8-10-3-5-11-6-4-10;/h9-11H,1-8H2;1H. The molecule has 1 saturated carbocycles. The third-order valence-electron chi connectivity index (χ3n) is 3.13. The van der Waals surface area contributed by atoms with E-state index in [1.807, 2.05) is 0 Å². The fraction of sp³-hybridized carbons (Fsp3) is 1.00. The Balaban J connectivity index is 0.00000112. The third kappa shape index (κ3) is 4.70. The molecule has 2 fully saturated rings. The number of piperidine rings is 1. The van der Waals surface area contributed by atoms with Crippen LogP contribution >= 0.6 is 12.4 Å². The molecule has 1 heterocycles. The van der Waals surface area contributed by atoms with Crippen molar-refractivity contribution in [3.8, 4) is 0 Å². The molecule has 2 aliphatic rings. The number of rotatable bonds is 4. The number of hydrogen-bond donors (Lipinski definition) is 1. The lowest BCUT2D eigenvalue weighted by molar-refractivity contribution is 0.401. The molecule has 3 nitrogen and oxygen atoms in total. The van der Waals surface area contributed by atoms with Crippen molar-refractivity contribution in [3.63, 3.8) is 0 Å². The lowest BCUT2D eigenvalue weighted by Crippen LogP contribution is -2.32. The molecule has 0 aromatic heterocycles. The van der Waals surface area contributed by atoms with E-state index in [4.69, 9.17) is 0 Å². The maximum Gasteiger partial charge on any atom is 0.150 e. The van der Waals surface area contributed by atoms with Gasteiger partial charge in [0.15, 0.2) is 9.84 Å². The molecule has 1 saturated heterocycles. The predicted molar refractivity (Wildman–Crippen MR) is 64.2 cm³/mol. The second kappa shape index (κ2) is 5.51. The smallest absolute Gasteiger partial charge is 0.150 e. The maximum atomic E-state index is 11.7. The van der Waals surface area contributed by atoms with Crippen LogP contribution in [0.5, 0.6) is 0 Å². The van der Waals surface area contributed by atoms with Crippen LogP contribution in [0.3, 0.4) is 0 Å². The molecule has 0 aromatic carbocycles. The number of hydrogen-bond acceptors (Lipinski definition) is 3. The molecule has 5 heteroatoms. The van der Waals surface area contributed by atoms with Gasteiger partial charge in [-0.15, -0.1) is 12.4 Å². The van der Waals surface area contributed by atoms with Gasteiger partial charge in [0.05, 0.1) is 11.5 Å². The van der Waals surface area contributed by atoms with Gasteiger partial charge in [0, 0.05) is 0 Å². The SMILES string of the molecule is Cl.O=S(=O)(CC1CCNCC1)CC1CC1. The number of nitrogens with one attached hydrogen (secondary N) is 1. The lowest BCUT2D eigenvalue weighted by Gasteiger charge is -2.22. The van der Waals surface area contributed by atoms with E-state index >= 15 is 0 Å². The number of sulfone groups is 1. The summed E-state index contributed by atoms with van der Waals surface area (Å²) in [6, 6.07) is 0. The Morgan fingerprint density at radius 3 is 1.87 bits per heavy atom. The molecule has 15 heavy (non-hydrogen) atoms. The second-order valence-corrected chi connectivity index (χ2v) is 6.87. The van der Waals surface area contributed by atoms with Crippen LogP contribution in [0.15, 0.2) is 0 Å². The average Bonchev–Trinajstić information content (AvgIpc) is 2.88. The van der Waals surface area contributed by atoms with Crippen molar-refractivity contribution in [2.24, 2.45) is 11.8 Å². The summed E-state index contributed by atoms with van der Waals surface area (Å²) in [4.78, 5) is 0. The van der Waals surface area contributed by atoms with Gasteiger partial charge >= 0.3 is 0 Å². The Bertz CT molecular complexity index is 282. The van der Waals surface area contributed by atoms with Gasteiger partial charge < -0.3 is 5.32 Å². The van der Waals surface area contributed by atoms with Gasteiger partial charge in [-0.1, -0.05) is 0 Å². The lowest BCUT2D eigenvalue weighted by atomic mass is 10.0. The van der Waals surface area contributed by atoms with E-state index in [9.17, 15) is 8.42 Å². The highest BCUT2D eigenvalue weighted by molar-refractivity contribution is 7.91. The predicted octanol–water partition coefficient (Wildman–Crippen LogP) is 1.23. The van der Waals surface area contributed by atoms with E-state index in [-0.39, 0.29) is 12.4 Å². The first-order chi connectivity index (χ1) is 6.66. The highest BCUT2D eigenvalue weighted by Crippen LogP contribution is 2.31. The normalized spacial score (nSPS) is 23.5. The molecule has 2 rings (SSSR count). The summed E-state index contributed by atoms with van der Waals surface area (Å²) in [7, 11) is -2.75. The van der Waals surface area contributed by atoms with Crippen LogP contribution in [-0.2, 0) is 9.84 Å². The second-order valence-electron chi connectivity index (χ2n) is 4.71. The minimum absolute atomic E-state index is 0. The van der Waals surface area contributed by atoms with Gasteiger partial charge in [0.25, 0.3) is 0 Å². The Hall–Kier alpha value is 0.200. The van der Waals surface area contributed by atoms with Crippen LogP contribution in [0.25, 0.3) is 0 Å². The zero-order chi connectivity index (χ0) is 10.0. The molecule has 1 N–H and O–H groups in total. The Labute approximate surface area is 98.3 Å². The van der Waals surface area contributed by atoms with Crippen LogP contribution < -0.4 is 5.32 Å². The van der Waals surface area contributed by atoms with E-state index < -0.39 is 9.84 Å². The van der Waals surface area contributed by atoms with Gasteiger partial charge in [-0.3, -0.25) is 0 Å². The quantitative estimate of drug-likeness (QED) is 0.820. The van der Waals surface area contributed by atoms with E-state index in [1.165, 1.54) is 0 Å². The zero-order valence-corrected chi connectivity index (χ0v) is 10.6. The first kappa shape index (κ1) is 13.3. The Morgan fingerprint density at radius 2 is 1.40 bits per heavy atom. The fourth-order valence-electron chi connectivity index (χ4n) is 2.12. The van der Waals surface area contributed by atoms with Crippen molar-refractivity contribution >= 4 is 22.2 Å². The molecule has 90 valence electrons. The Morgan fingerprint density at radius 1 is 0.933 bits per heavy atom. The molecule has 0 bridgehead atoms. The first-order valence-electron chi connectivity index (χ1n) is 5.57. The van der Waals surface area contributed by atoms with Gasteiger partial charge in [0.1, 0.15) is 0 Å². The zero-order valence-electron chi connectivity index (χ0n) is 8.94. The average molecular weight is 254 g/mol. The largest absolute Gasteiger partial charge is 0.317 e. The third-order valence-corrected chi connectivity index (χ3v) is 5.09. The molecule has 1 aliphatic carbocycles. The molecule has 0 spiro atoms. The highest BCUT2D eigenvalue weighted by atomic mass is 35.5. The summed E-state index contributed by atoms with van der Waals surface area (Å²) in [5.74, 6) is 1.81. The highest BCUT2D eigenvalue weighted by Gasteiger charge is 2.29. The van der Waals surface area contributed by atoms with Gasteiger partial charge in [-0.2, -0.15) is 0 Å². The van der Waals surface area contributed by atoms with Crippen molar-refractivity contribution in [1.29, 1.82) is 0 Å². The maximum absolute atomic E-state index is 11.7. The van der Waals surface area contributed by atoms with Crippen LogP contribution in [0.1, 0.15) is 25.7 Å². The van der Waals surface area contributed by atoms with Gasteiger partial charge in [-0.25, -0.2) is 8.42 Å². The summed E-state index contributed by atoms with van der Waals surface area (Å²) in [6.45, 7) is 1.98. The minimum Gasteiger partial charge on any atom is -0.317 e. The van der Waals surface area contributed by atoms with Crippen molar-refractivity contribution in [2.45, 2.75) is 25.7 Å². The summed E-state index contributed by atoms with van der Waals surface area (Å²) in [5, 5.41) is 3.26. The molecular formula is C10H20ClNO2S. The van der Waals surface area contributed by atoms with Crippen LogP contribution in [-0.4, -0.2) is 33.0 Å². The summed E-state index contributed by atoms with van der Waals surface area (Å²) in [6.07, 6.45) is 4.32. The molecule has 0 radical (unpaired) electrons. The molecular weight excluding hydrogens is 234 g/mol. The van der Waals surface area contributed by atoms with Gasteiger partial charge in [0.2, 0.25) is 0 Å². The first-order valence-corrected chi connectivity index (χ1v) is 7.39. The molecule has 0 amide bonds. The molecule has 1 aliphatic heterocycles. The summed E-state index contributed by atoms with van der Waals surface area (Å²) >= 11 is 0. The van der Waals surface area contributed by atoms with E-state index in [2.05, 4.69) is 5.32 Å². The fourth-order valence-corrected chi connectivity index (χ4v) is 4.36. The van der Waals surface area contributed by atoms with Crippen LogP contribution in [0, 0.1) is 11.8 Å². The van der Waals surface area contributed by atoms with Crippen molar-refractivity contribution < 1.29 is 8.42 Å². The number of halogens is 1. The minimum atomic E-state index is -2.75. The summed E-state index contributed by atoms with van der Waals surface area (Å²) in [5.41, 5.74) is 0. The topological polar surface area (TPSA) is 46.2 Å². The van der Waals surface area contributed by atoms with Crippen molar-refractivity contribution in [1.82, 2.24) is 5.32 Å². The van der Waals surface area contributed by atoms with Crippen molar-refractivity contribution in [3.05, 3.63) is 0 Å². The van der Waals surface area contributed by atoms with E-state index in [1.54, 1.807) is 0 Å². The van der Waals surface area contributed by atoms with E-state index in [0.717, 1.165) is 38.8 Å². The van der Waals surface area contributed by atoms with Gasteiger partial charge in [-0.05, 0) is 50.6 Å². The van der Waals surface area contributed by atoms with Crippen LogP contribution in [0.4, 0.5) is 0 Å². The molecule has 0 aromatic rings. The summed E-state index contributed by atoms with van der Waals surface area (Å²) < 4.78 is 23.5. The van der Waals surface area contributed by atoms with Crippen molar-refractivity contribution in [2.75, 3.05) is 24.6 Å².